The molecule has 15 heavy (non-hydrogen) atoms. The van der Waals surface area contributed by atoms with Crippen LogP contribution in [0.3, 0.4) is 0 Å². The number of nitrogens with one attached hydrogen (secondary N) is 1. The van der Waals surface area contributed by atoms with E-state index >= 15 is 0 Å². The molecule has 0 aliphatic carbocycles. The molecule has 0 bridgehead atoms. The summed E-state index contributed by atoms with van der Waals surface area (Å²) >= 11 is 0. The number of amides is 1. The number of nitro groups is 1. The van der Waals surface area contributed by atoms with Gasteiger partial charge in [-0.3, -0.25) is 14.9 Å². The fraction of sp³-hybridized carbons (Fsp3) is 0.300. The number of benzene rings is 1. The van der Waals surface area contributed by atoms with E-state index in [4.69, 9.17) is 0 Å². The van der Waals surface area contributed by atoms with Crippen LogP contribution in [-0.4, -0.2) is 17.9 Å². The maximum Gasteiger partial charge on any atom is 0.320 e. The number of hydrogen-bond donors (Lipinski definition) is 1. The highest BCUT2D eigenvalue weighted by Crippen LogP contribution is 2.24. The van der Waals surface area contributed by atoms with Crippen molar-refractivity contribution in [3.8, 4) is 0 Å². The summed E-state index contributed by atoms with van der Waals surface area (Å²) in [5.74, 6) is -0.626. The normalized spacial score (nSPS) is 14.0. The molecule has 1 N–H and O–H groups in total. The summed E-state index contributed by atoms with van der Waals surface area (Å²) in [6, 6.07) is 8.21. The predicted molar refractivity (Wildman–Crippen MR) is 54.9 cm³/mol. The minimum absolute atomic E-state index is 0.370. The van der Waals surface area contributed by atoms with Crippen molar-refractivity contribution >= 4 is 5.91 Å². The van der Waals surface area contributed by atoms with Crippen molar-refractivity contribution < 1.29 is 9.72 Å². The van der Waals surface area contributed by atoms with Crippen molar-refractivity contribution in [3.05, 3.63) is 46.0 Å². The van der Waals surface area contributed by atoms with Gasteiger partial charge in [0.1, 0.15) is 0 Å². The highest BCUT2D eigenvalue weighted by molar-refractivity contribution is 5.85. The Morgan fingerprint density at radius 2 is 1.93 bits per heavy atom. The van der Waals surface area contributed by atoms with Crippen molar-refractivity contribution in [2.45, 2.75) is 12.5 Å². The molecule has 0 aliphatic rings. The third-order valence-electron chi connectivity index (χ3n) is 2.37. The van der Waals surface area contributed by atoms with Gasteiger partial charge in [-0.1, -0.05) is 30.3 Å². The van der Waals surface area contributed by atoms with Gasteiger partial charge in [-0.15, -0.1) is 0 Å². The Kier molecular flexibility index (Phi) is 3.04. The molecule has 0 spiro atoms. The molecule has 5 nitrogen and oxygen atoms in total. The molecule has 1 aromatic carbocycles. The number of carbonyl (C=O) groups is 1. The van der Waals surface area contributed by atoms with Gasteiger partial charge in [0.25, 0.3) is 0 Å². The fourth-order valence-corrected chi connectivity index (χ4v) is 1.33. The lowest BCUT2D eigenvalue weighted by atomic mass is 9.92. The number of nitrogens with zero attached hydrogens (tertiary/aromatic N) is 1. The molecule has 1 atom stereocenters. The minimum atomic E-state index is -1.73. The van der Waals surface area contributed by atoms with Crippen LogP contribution in [-0.2, 0) is 10.3 Å². The molecule has 1 unspecified atom stereocenters. The van der Waals surface area contributed by atoms with Crippen LogP contribution in [0.2, 0.25) is 0 Å². The summed E-state index contributed by atoms with van der Waals surface area (Å²) in [4.78, 5) is 21.9. The van der Waals surface area contributed by atoms with Gasteiger partial charge in [-0.25, -0.2) is 0 Å². The zero-order valence-corrected chi connectivity index (χ0v) is 8.56. The van der Waals surface area contributed by atoms with Crippen LogP contribution in [0.25, 0.3) is 0 Å². The minimum Gasteiger partial charge on any atom is -0.353 e. The highest BCUT2D eigenvalue weighted by Gasteiger charge is 2.47. The van der Waals surface area contributed by atoms with E-state index < -0.39 is 16.4 Å². The first kappa shape index (κ1) is 11.2. The molecular weight excluding hydrogens is 196 g/mol. The Labute approximate surface area is 87.3 Å². The van der Waals surface area contributed by atoms with Crippen molar-refractivity contribution in [2.75, 3.05) is 7.05 Å². The van der Waals surface area contributed by atoms with E-state index in [-0.39, 0.29) is 0 Å². The zero-order chi connectivity index (χ0) is 11.5. The molecule has 1 rings (SSSR count). The first-order valence-corrected chi connectivity index (χ1v) is 4.45. The van der Waals surface area contributed by atoms with Gasteiger partial charge < -0.3 is 5.32 Å². The third kappa shape index (κ3) is 1.81. The molecule has 0 aliphatic heterocycles. The summed E-state index contributed by atoms with van der Waals surface area (Å²) in [5.41, 5.74) is -1.36. The Hall–Kier alpha value is -1.91. The fourth-order valence-electron chi connectivity index (χ4n) is 1.33. The van der Waals surface area contributed by atoms with E-state index in [1.54, 1.807) is 30.3 Å². The highest BCUT2D eigenvalue weighted by atomic mass is 16.6. The SMILES string of the molecule is CNC(=O)C(C)(c1ccccc1)[N+](=O)[O-]. The van der Waals surface area contributed by atoms with Gasteiger partial charge in [-0.05, 0) is 0 Å². The topological polar surface area (TPSA) is 72.2 Å². The summed E-state index contributed by atoms with van der Waals surface area (Å²) in [7, 11) is 1.38. The maximum atomic E-state index is 11.5. The molecule has 0 aromatic heterocycles. The number of likely N-dealkylation sites (N-methyl/N-ethyl adjacent to an activating group) is 1. The average Bonchev–Trinajstić information content (AvgIpc) is 2.27. The van der Waals surface area contributed by atoms with Crippen molar-refractivity contribution in [1.29, 1.82) is 0 Å². The van der Waals surface area contributed by atoms with E-state index in [1.807, 2.05) is 0 Å². The zero-order valence-electron chi connectivity index (χ0n) is 8.56. The molecule has 0 saturated carbocycles. The van der Waals surface area contributed by atoms with Gasteiger partial charge in [0.05, 0.1) is 0 Å². The second-order valence-corrected chi connectivity index (χ2v) is 3.27. The standard InChI is InChI=1S/C10H12N2O3/c1-10(12(14)15,9(13)11-2)8-6-4-3-5-7-8/h3-7H,1-2H3,(H,11,13). The van der Waals surface area contributed by atoms with Gasteiger partial charge in [0.15, 0.2) is 0 Å². The van der Waals surface area contributed by atoms with Gasteiger partial charge >= 0.3 is 11.4 Å². The number of rotatable bonds is 3. The van der Waals surface area contributed by atoms with E-state index in [0.717, 1.165) is 0 Å². The Morgan fingerprint density at radius 1 is 1.40 bits per heavy atom. The molecule has 0 saturated heterocycles. The lowest BCUT2D eigenvalue weighted by Crippen LogP contribution is -2.46. The lowest BCUT2D eigenvalue weighted by Gasteiger charge is -2.18. The summed E-state index contributed by atoms with van der Waals surface area (Å²) in [6.07, 6.45) is 0. The van der Waals surface area contributed by atoms with Crippen LogP contribution < -0.4 is 5.32 Å². The molecule has 5 heteroatoms. The van der Waals surface area contributed by atoms with Gasteiger partial charge in [0, 0.05) is 24.5 Å². The van der Waals surface area contributed by atoms with Crippen LogP contribution in [0.1, 0.15) is 12.5 Å². The first-order valence-electron chi connectivity index (χ1n) is 4.45. The smallest absolute Gasteiger partial charge is 0.320 e. The summed E-state index contributed by atoms with van der Waals surface area (Å²) < 4.78 is 0. The molecular formula is C10H12N2O3. The number of carbonyl (C=O) groups excluding carboxylic acids is 1. The first-order chi connectivity index (χ1) is 7.03. The van der Waals surface area contributed by atoms with E-state index in [2.05, 4.69) is 5.32 Å². The second-order valence-electron chi connectivity index (χ2n) is 3.27. The van der Waals surface area contributed by atoms with Crippen molar-refractivity contribution in [3.63, 3.8) is 0 Å². The maximum absolute atomic E-state index is 11.5. The molecule has 0 heterocycles. The van der Waals surface area contributed by atoms with Crippen LogP contribution in [0.15, 0.2) is 30.3 Å². The average molecular weight is 208 g/mol. The molecule has 1 amide bonds. The van der Waals surface area contributed by atoms with Crippen LogP contribution in [0.5, 0.6) is 0 Å². The Morgan fingerprint density at radius 3 is 2.33 bits per heavy atom. The Bertz CT molecular complexity index is 378. The second kappa shape index (κ2) is 4.08. The van der Waals surface area contributed by atoms with Crippen LogP contribution in [0, 0.1) is 10.1 Å². The van der Waals surface area contributed by atoms with Gasteiger partial charge in [0.2, 0.25) is 0 Å². The van der Waals surface area contributed by atoms with E-state index in [1.165, 1.54) is 14.0 Å². The molecule has 0 radical (unpaired) electrons. The van der Waals surface area contributed by atoms with Crippen molar-refractivity contribution in [2.24, 2.45) is 0 Å². The Balaban J connectivity index is 3.25. The van der Waals surface area contributed by atoms with Crippen LogP contribution in [0.4, 0.5) is 0 Å². The van der Waals surface area contributed by atoms with Gasteiger partial charge in [-0.2, -0.15) is 0 Å². The summed E-state index contributed by atoms with van der Waals surface area (Å²) in [6.45, 7) is 1.29. The van der Waals surface area contributed by atoms with Crippen molar-refractivity contribution in [1.82, 2.24) is 5.32 Å². The third-order valence-corrected chi connectivity index (χ3v) is 2.37. The predicted octanol–water partition coefficient (Wildman–Crippen LogP) is 0.924. The molecule has 0 fully saturated rings. The molecule has 1 aromatic rings. The summed E-state index contributed by atoms with van der Waals surface area (Å²) in [5, 5.41) is 13.3. The van der Waals surface area contributed by atoms with E-state index in [9.17, 15) is 14.9 Å². The van der Waals surface area contributed by atoms with E-state index in [0.29, 0.717) is 5.56 Å². The number of hydrogen-bond acceptors (Lipinski definition) is 3. The molecule has 80 valence electrons. The lowest BCUT2D eigenvalue weighted by molar-refractivity contribution is -0.556. The quantitative estimate of drug-likeness (QED) is 0.593. The monoisotopic (exact) mass is 208 g/mol. The van der Waals surface area contributed by atoms with Crippen LogP contribution >= 0.6 is 0 Å². The largest absolute Gasteiger partial charge is 0.353 e.